The van der Waals surface area contributed by atoms with E-state index in [9.17, 15) is 9.59 Å². The Morgan fingerprint density at radius 2 is 1.91 bits per heavy atom. The van der Waals surface area contributed by atoms with Crippen molar-refractivity contribution in [1.29, 1.82) is 0 Å². The number of carbonyl (C=O) groups excluding carboxylic acids is 2. The lowest BCUT2D eigenvalue weighted by Crippen LogP contribution is -2.17. The van der Waals surface area contributed by atoms with Crippen molar-refractivity contribution in [1.82, 2.24) is 0 Å². The number of carbonyl (C=O) groups is 2. The third kappa shape index (κ3) is 3.01. The SMILES string of the molecule is CC1CC(=O)Cc2cccc(C(=O)Nc3ccccc3)c2O1. The van der Waals surface area contributed by atoms with Crippen molar-refractivity contribution in [3.8, 4) is 5.75 Å². The zero-order chi connectivity index (χ0) is 15.5. The van der Waals surface area contributed by atoms with Gasteiger partial charge in [-0.05, 0) is 25.1 Å². The summed E-state index contributed by atoms with van der Waals surface area (Å²) in [6, 6.07) is 14.6. The van der Waals surface area contributed by atoms with Gasteiger partial charge in [0.15, 0.2) is 0 Å². The van der Waals surface area contributed by atoms with Crippen LogP contribution >= 0.6 is 0 Å². The first kappa shape index (κ1) is 14.3. The molecule has 1 heterocycles. The van der Waals surface area contributed by atoms with Crippen molar-refractivity contribution in [3.63, 3.8) is 0 Å². The maximum Gasteiger partial charge on any atom is 0.259 e. The van der Waals surface area contributed by atoms with Gasteiger partial charge in [-0.2, -0.15) is 0 Å². The highest BCUT2D eigenvalue weighted by molar-refractivity contribution is 6.06. The van der Waals surface area contributed by atoms with E-state index in [-0.39, 0.29) is 17.8 Å². The summed E-state index contributed by atoms with van der Waals surface area (Å²) in [4.78, 5) is 24.4. The summed E-state index contributed by atoms with van der Waals surface area (Å²) < 4.78 is 5.84. The van der Waals surface area contributed by atoms with Crippen molar-refractivity contribution in [2.24, 2.45) is 0 Å². The first-order valence-electron chi connectivity index (χ1n) is 7.30. The van der Waals surface area contributed by atoms with E-state index in [0.29, 0.717) is 24.2 Å². The summed E-state index contributed by atoms with van der Waals surface area (Å²) in [5, 5.41) is 2.85. The number of para-hydroxylation sites is 2. The first-order chi connectivity index (χ1) is 10.6. The lowest BCUT2D eigenvalue weighted by Gasteiger charge is -2.16. The molecule has 112 valence electrons. The van der Waals surface area contributed by atoms with Crippen LogP contribution in [0.1, 0.15) is 29.3 Å². The fourth-order valence-electron chi connectivity index (χ4n) is 2.61. The number of benzene rings is 2. The second kappa shape index (κ2) is 6.02. The molecular formula is C18H17NO3. The second-order valence-electron chi connectivity index (χ2n) is 5.46. The van der Waals surface area contributed by atoms with E-state index < -0.39 is 0 Å². The normalized spacial score (nSPS) is 17.1. The minimum Gasteiger partial charge on any atom is -0.489 e. The molecule has 0 saturated heterocycles. The Labute approximate surface area is 129 Å². The molecule has 1 amide bonds. The molecule has 0 aliphatic carbocycles. The van der Waals surface area contributed by atoms with Gasteiger partial charge in [-0.15, -0.1) is 0 Å². The number of fused-ring (bicyclic) bond motifs is 1. The summed E-state index contributed by atoms with van der Waals surface area (Å²) in [5.74, 6) is 0.422. The second-order valence-corrected chi connectivity index (χ2v) is 5.46. The fourth-order valence-corrected chi connectivity index (χ4v) is 2.61. The maximum atomic E-state index is 12.5. The van der Waals surface area contributed by atoms with E-state index in [1.165, 1.54) is 0 Å². The van der Waals surface area contributed by atoms with Crippen molar-refractivity contribution >= 4 is 17.4 Å². The van der Waals surface area contributed by atoms with Gasteiger partial charge in [0.25, 0.3) is 5.91 Å². The van der Waals surface area contributed by atoms with Crippen molar-refractivity contribution in [2.75, 3.05) is 5.32 Å². The molecule has 2 aromatic carbocycles. The van der Waals surface area contributed by atoms with Crippen LogP contribution in [-0.4, -0.2) is 17.8 Å². The van der Waals surface area contributed by atoms with E-state index in [1.54, 1.807) is 12.1 Å². The highest BCUT2D eigenvalue weighted by Gasteiger charge is 2.24. The number of Topliss-reactive ketones (excluding diaryl/α,β-unsaturated/α-hetero) is 1. The molecule has 1 atom stereocenters. The maximum absolute atomic E-state index is 12.5. The molecule has 3 rings (SSSR count). The molecule has 1 unspecified atom stereocenters. The largest absolute Gasteiger partial charge is 0.489 e. The molecule has 1 N–H and O–H groups in total. The summed E-state index contributed by atoms with van der Waals surface area (Å²) >= 11 is 0. The molecule has 1 aliphatic rings. The van der Waals surface area contributed by atoms with Crippen LogP contribution in [0, 0.1) is 0 Å². The average molecular weight is 295 g/mol. The molecule has 0 spiro atoms. The molecule has 4 nitrogen and oxygen atoms in total. The Kier molecular flexibility index (Phi) is 3.92. The molecule has 1 aliphatic heterocycles. The summed E-state index contributed by atoms with van der Waals surface area (Å²) in [6.45, 7) is 1.85. The van der Waals surface area contributed by atoms with Crippen molar-refractivity contribution < 1.29 is 14.3 Å². The summed E-state index contributed by atoms with van der Waals surface area (Å²) in [7, 11) is 0. The number of hydrogen-bond donors (Lipinski definition) is 1. The van der Waals surface area contributed by atoms with Crippen molar-refractivity contribution in [2.45, 2.75) is 25.9 Å². The smallest absolute Gasteiger partial charge is 0.259 e. The van der Waals surface area contributed by atoms with Crippen LogP contribution in [0.25, 0.3) is 0 Å². The summed E-state index contributed by atoms with van der Waals surface area (Å²) in [6.07, 6.45) is 0.458. The van der Waals surface area contributed by atoms with E-state index >= 15 is 0 Å². The van der Waals surface area contributed by atoms with Crippen LogP contribution in [0.5, 0.6) is 5.75 Å². The molecular weight excluding hydrogens is 278 g/mol. The van der Waals surface area contributed by atoms with Crippen LogP contribution in [0.15, 0.2) is 48.5 Å². The minimum absolute atomic E-state index is 0.131. The molecule has 0 fully saturated rings. The van der Waals surface area contributed by atoms with Gasteiger partial charge in [-0.25, -0.2) is 0 Å². The van der Waals surface area contributed by atoms with Crippen LogP contribution in [0.2, 0.25) is 0 Å². The van der Waals surface area contributed by atoms with Crippen molar-refractivity contribution in [3.05, 3.63) is 59.7 Å². The molecule has 22 heavy (non-hydrogen) atoms. The van der Waals surface area contributed by atoms with Crippen LogP contribution in [0.3, 0.4) is 0 Å². The Bertz CT molecular complexity index is 710. The van der Waals surface area contributed by atoms with E-state index in [0.717, 1.165) is 11.3 Å². The Morgan fingerprint density at radius 3 is 2.68 bits per heavy atom. The molecule has 0 saturated carbocycles. The Hall–Kier alpha value is -2.62. The molecule has 0 bridgehead atoms. The van der Waals surface area contributed by atoms with Crippen LogP contribution in [0.4, 0.5) is 5.69 Å². The molecule has 4 heteroatoms. The van der Waals surface area contributed by atoms with Gasteiger partial charge >= 0.3 is 0 Å². The molecule has 0 aromatic heterocycles. The molecule has 2 aromatic rings. The Morgan fingerprint density at radius 1 is 1.14 bits per heavy atom. The fraction of sp³-hybridized carbons (Fsp3) is 0.222. The van der Waals surface area contributed by atoms with Crippen LogP contribution in [-0.2, 0) is 11.2 Å². The zero-order valence-electron chi connectivity index (χ0n) is 12.3. The number of amides is 1. The number of ketones is 1. The van der Waals surface area contributed by atoms with Gasteiger partial charge in [0.1, 0.15) is 17.6 Å². The number of nitrogens with one attached hydrogen (secondary N) is 1. The van der Waals surface area contributed by atoms with E-state index in [4.69, 9.17) is 4.74 Å². The van der Waals surface area contributed by atoms with Gasteiger partial charge < -0.3 is 10.1 Å². The van der Waals surface area contributed by atoms with Gasteiger partial charge in [-0.3, -0.25) is 9.59 Å². The lowest BCUT2D eigenvalue weighted by molar-refractivity contribution is -0.119. The lowest BCUT2D eigenvalue weighted by atomic mass is 10.0. The van der Waals surface area contributed by atoms with Gasteiger partial charge in [0, 0.05) is 24.1 Å². The Balaban J connectivity index is 1.93. The standard InChI is InChI=1S/C18H17NO3/c1-12-10-15(20)11-13-6-5-9-16(17(13)22-12)18(21)19-14-7-3-2-4-8-14/h2-9,12H,10-11H2,1H3,(H,19,21). The third-order valence-corrected chi connectivity index (χ3v) is 3.59. The number of hydrogen-bond acceptors (Lipinski definition) is 3. The number of anilines is 1. The van der Waals surface area contributed by atoms with Gasteiger partial charge in [-0.1, -0.05) is 30.3 Å². The number of rotatable bonds is 2. The first-order valence-corrected chi connectivity index (χ1v) is 7.30. The summed E-state index contributed by atoms with van der Waals surface area (Å²) in [5.41, 5.74) is 1.96. The third-order valence-electron chi connectivity index (χ3n) is 3.59. The van der Waals surface area contributed by atoms with E-state index in [1.807, 2.05) is 43.3 Å². The topological polar surface area (TPSA) is 55.4 Å². The minimum atomic E-state index is -0.232. The highest BCUT2D eigenvalue weighted by atomic mass is 16.5. The quantitative estimate of drug-likeness (QED) is 0.925. The zero-order valence-corrected chi connectivity index (χ0v) is 12.3. The predicted molar refractivity (Wildman–Crippen MR) is 84.3 cm³/mol. The highest BCUT2D eigenvalue weighted by Crippen LogP contribution is 2.30. The van der Waals surface area contributed by atoms with Crippen LogP contribution < -0.4 is 10.1 Å². The van der Waals surface area contributed by atoms with E-state index in [2.05, 4.69) is 5.32 Å². The average Bonchev–Trinajstić information content (AvgIpc) is 2.64. The van der Waals surface area contributed by atoms with Gasteiger partial charge in [0.05, 0.1) is 5.56 Å². The molecule has 0 radical (unpaired) electrons. The number of ether oxygens (including phenoxy) is 1. The predicted octanol–water partition coefficient (Wildman–Crippen LogP) is 3.22. The monoisotopic (exact) mass is 295 g/mol. The van der Waals surface area contributed by atoms with Gasteiger partial charge in [0.2, 0.25) is 0 Å².